The molecule has 0 spiro atoms. The van der Waals surface area contributed by atoms with Crippen molar-refractivity contribution in [1.29, 1.82) is 0 Å². The summed E-state index contributed by atoms with van der Waals surface area (Å²) in [5, 5.41) is 0. The third-order valence-electron chi connectivity index (χ3n) is 2.25. The fraction of sp³-hybridized carbons (Fsp3) is 0.400. The zero-order valence-electron chi connectivity index (χ0n) is 7.89. The lowest BCUT2D eigenvalue weighted by atomic mass is 9.96. The minimum absolute atomic E-state index is 0.347. The van der Waals surface area contributed by atoms with Crippen LogP contribution in [-0.4, -0.2) is 16.1 Å². The van der Waals surface area contributed by atoms with Gasteiger partial charge in [0.05, 0.1) is 18.1 Å². The molecule has 2 rings (SSSR count). The molecule has 0 aromatic carbocycles. The number of hydrogen-bond donors (Lipinski definition) is 1. The first-order chi connectivity index (χ1) is 6.88. The van der Waals surface area contributed by atoms with E-state index in [1.807, 2.05) is 0 Å². The van der Waals surface area contributed by atoms with Gasteiger partial charge in [0.25, 0.3) is 0 Å². The van der Waals surface area contributed by atoms with Crippen LogP contribution in [0.2, 0.25) is 0 Å². The van der Waals surface area contributed by atoms with Gasteiger partial charge in [0.2, 0.25) is 5.88 Å². The molecule has 1 aromatic rings. The lowest BCUT2D eigenvalue weighted by molar-refractivity contribution is 0.114. The quantitative estimate of drug-likeness (QED) is 0.783. The number of aromatic nitrogens is 2. The second-order valence-corrected chi connectivity index (χ2v) is 3.31. The Morgan fingerprint density at radius 3 is 2.71 bits per heavy atom. The number of ether oxygens (including phenoxy) is 1. The highest BCUT2D eigenvalue weighted by Crippen LogP contribution is 2.23. The van der Waals surface area contributed by atoms with Gasteiger partial charge in [-0.05, 0) is 31.5 Å². The highest BCUT2D eigenvalue weighted by Gasteiger charge is 2.19. The molecule has 4 heteroatoms. The van der Waals surface area contributed by atoms with Crippen molar-refractivity contribution in [2.75, 3.05) is 0 Å². The molecular formula is C10H13N3O. The molecule has 0 atom stereocenters. The van der Waals surface area contributed by atoms with E-state index in [2.05, 4.69) is 9.97 Å². The Labute approximate surface area is 82.8 Å². The molecule has 4 nitrogen and oxygen atoms in total. The summed E-state index contributed by atoms with van der Waals surface area (Å²) in [6.07, 6.45) is 10.3. The Kier molecular flexibility index (Phi) is 2.62. The Bertz CT molecular complexity index is 317. The molecule has 74 valence electrons. The molecule has 1 aliphatic carbocycles. The molecule has 0 saturated heterocycles. The molecule has 0 aliphatic heterocycles. The summed E-state index contributed by atoms with van der Waals surface area (Å²) in [6.45, 7) is 0. The van der Waals surface area contributed by atoms with Crippen LogP contribution in [0.5, 0.6) is 5.88 Å². The average Bonchev–Trinajstić information content (AvgIpc) is 2.14. The van der Waals surface area contributed by atoms with Crippen LogP contribution >= 0.6 is 0 Å². The van der Waals surface area contributed by atoms with E-state index in [-0.39, 0.29) is 0 Å². The zero-order valence-corrected chi connectivity index (χ0v) is 7.89. The summed E-state index contributed by atoms with van der Waals surface area (Å²) >= 11 is 0. The Morgan fingerprint density at radius 1 is 1.36 bits per heavy atom. The summed E-state index contributed by atoms with van der Waals surface area (Å²) in [7, 11) is 0. The van der Waals surface area contributed by atoms with Crippen molar-refractivity contribution in [2.24, 2.45) is 5.73 Å². The second-order valence-electron chi connectivity index (χ2n) is 3.31. The van der Waals surface area contributed by atoms with Gasteiger partial charge >= 0.3 is 0 Å². The standard InChI is InChI=1S/C10H13N3O/c11-5-4-8-6-13-10(7-12-8)14-9-2-1-3-9/h4-7,9H,1-3,11H2/b5-4-. The first-order valence-electron chi connectivity index (χ1n) is 4.75. The maximum absolute atomic E-state index is 5.55. The Balaban J connectivity index is 1.98. The van der Waals surface area contributed by atoms with Crippen molar-refractivity contribution in [3.63, 3.8) is 0 Å². The molecule has 1 saturated carbocycles. The fourth-order valence-electron chi connectivity index (χ4n) is 1.23. The molecule has 0 radical (unpaired) electrons. The van der Waals surface area contributed by atoms with E-state index in [1.54, 1.807) is 18.5 Å². The van der Waals surface area contributed by atoms with Gasteiger partial charge in [0.1, 0.15) is 6.10 Å². The smallest absolute Gasteiger partial charge is 0.232 e. The summed E-state index contributed by atoms with van der Waals surface area (Å²) in [5.41, 5.74) is 5.97. The monoisotopic (exact) mass is 191 g/mol. The minimum Gasteiger partial charge on any atom is -0.473 e. The van der Waals surface area contributed by atoms with E-state index in [1.165, 1.54) is 12.6 Å². The summed E-state index contributed by atoms with van der Waals surface area (Å²) in [4.78, 5) is 8.25. The van der Waals surface area contributed by atoms with Crippen molar-refractivity contribution >= 4 is 6.08 Å². The first kappa shape index (κ1) is 8.99. The van der Waals surface area contributed by atoms with Gasteiger partial charge < -0.3 is 10.5 Å². The van der Waals surface area contributed by atoms with Crippen LogP contribution in [0.1, 0.15) is 25.0 Å². The highest BCUT2D eigenvalue weighted by molar-refractivity contribution is 5.42. The third-order valence-corrected chi connectivity index (χ3v) is 2.25. The predicted octanol–water partition coefficient (Wildman–Crippen LogP) is 1.34. The van der Waals surface area contributed by atoms with E-state index in [4.69, 9.17) is 10.5 Å². The van der Waals surface area contributed by atoms with Crippen LogP contribution in [0.25, 0.3) is 6.08 Å². The molecule has 0 amide bonds. The van der Waals surface area contributed by atoms with Crippen LogP contribution in [0.15, 0.2) is 18.6 Å². The number of hydrogen-bond acceptors (Lipinski definition) is 4. The van der Waals surface area contributed by atoms with E-state index in [0.717, 1.165) is 18.5 Å². The van der Waals surface area contributed by atoms with Gasteiger partial charge in [-0.25, -0.2) is 9.97 Å². The van der Waals surface area contributed by atoms with Crippen molar-refractivity contribution in [3.05, 3.63) is 24.3 Å². The van der Waals surface area contributed by atoms with Crippen molar-refractivity contribution < 1.29 is 4.74 Å². The minimum atomic E-state index is 0.347. The van der Waals surface area contributed by atoms with Crippen molar-refractivity contribution in [2.45, 2.75) is 25.4 Å². The van der Waals surface area contributed by atoms with Crippen molar-refractivity contribution in [1.82, 2.24) is 9.97 Å². The van der Waals surface area contributed by atoms with Crippen LogP contribution < -0.4 is 10.5 Å². The van der Waals surface area contributed by atoms with E-state index in [0.29, 0.717) is 12.0 Å². The fourth-order valence-corrected chi connectivity index (χ4v) is 1.23. The Morgan fingerprint density at radius 2 is 2.21 bits per heavy atom. The number of nitrogens with two attached hydrogens (primary N) is 1. The number of nitrogens with zero attached hydrogens (tertiary/aromatic N) is 2. The van der Waals surface area contributed by atoms with E-state index < -0.39 is 0 Å². The van der Waals surface area contributed by atoms with Crippen LogP contribution in [-0.2, 0) is 0 Å². The molecule has 14 heavy (non-hydrogen) atoms. The maximum Gasteiger partial charge on any atom is 0.232 e. The summed E-state index contributed by atoms with van der Waals surface area (Å²) < 4.78 is 5.55. The second kappa shape index (κ2) is 4.09. The average molecular weight is 191 g/mol. The molecule has 1 fully saturated rings. The largest absolute Gasteiger partial charge is 0.473 e. The molecule has 0 unspecified atom stereocenters. The van der Waals surface area contributed by atoms with Gasteiger partial charge in [-0.3, -0.25) is 0 Å². The van der Waals surface area contributed by atoms with E-state index >= 15 is 0 Å². The molecule has 1 aromatic heterocycles. The van der Waals surface area contributed by atoms with Gasteiger partial charge in [0.15, 0.2) is 0 Å². The molecule has 0 bridgehead atoms. The maximum atomic E-state index is 5.55. The molecule has 1 heterocycles. The molecular weight excluding hydrogens is 178 g/mol. The predicted molar refractivity (Wildman–Crippen MR) is 53.5 cm³/mol. The molecule has 2 N–H and O–H groups in total. The van der Waals surface area contributed by atoms with Crippen molar-refractivity contribution in [3.8, 4) is 5.88 Å². The van der Waals surface area contributed by atoms with Gasteiger partial charge in [0, 0.05) is 0 Å². The Hall–Kier alpha value is -1.58. The van der Waals surface area contributed by atoms with Crippen LogP contribution in [0, 0.1) is 0 Å². The lowest BCUT2D eigenvalue weighted by Crippen LogP contribution is -2.25. The number of rotatable bonds is 3. The van der Waals surface area contributed by atoms with Gasteiger partial charge in [-0.15, -0.1) is 0 Å². The topological polar surface area (TPSA) is 61.0 Å². The lowest BCUT2D eigenvalue weighted by Gasteiger charge is -2.25. The summed E-state index contributed by atoms with van der Waals surface area (Å²) in [6, 6.07) is 0. The highest BCUT2D eigenvalue weighted by atomic mass is 16.5. The van der Waals surface area contributed by atoms with Crippen LogP contribution in [0.4, 0.5) is 0 Å². The third kappa shape index (κ3) is 2.02. The SMILES string of the molecule is N/C=C\c1cnc(OC2CCC2)cn1. The molecule has 1 aliphatic rings. The van der Waals surface area contributed by atoms with Crippen LogP contribution in [0.3, 0.4) is 0 Å². The van der Waals surface area contributed by atoms with Gasteiger partial charge in [-0.1, -0.05) is 0 Å². The normalized spacial score (nSPS) is 16.9. The van der Waals surface area contributed by atoms with Gasteiger partial charge in [-0.2, -0.15) is 0 Å². The summed E-state index contributed by atoms with van der Waals surface area (Å²) in [5.74, 6) is 0.601. The zero-order chi connectivity index (χ0) is 9.80. The first-order valence-corrected chi connectivity index (χ1v) is 4.75. The van der Waals surface area contributed by atoms with E-state index in [9.17, 15) is 0 Å².